The lowest BCUT2D eigenvalue weighted by Crippen LogP contribution is -2.01. The number of hydrogen-bond donors (Lipinski definition) is 2. The highest BCUT2D eigenvalue weighted by molar-refractivity contribution is 7.80. The van der Waals surface area contributed by atoms with Gasteiger partial charge in [-0.05, 0) is 18.6 Å². The summed E-state index contributed by atoms with van der Waals surface area (Å²) in [5.74, 6) is 0.735. The standard InChI is InChI=1S/C5H9NOS/c6-4-5(7)2-1-3-8/h5,7-8H,1-3H2. The lowest BCUT2D eigenvalue weighted by molar-refractivity contribution is 0.219. The van der Waals surface area contributed by atoms with E-state index in [4.69, 9.17) is 10.4 Å². The third kappa shape index (κ3) is 3.97. The highest BCUT2D eigenvalue weighted by atomic mass is 32.1. The van der Waals surface area contributed by atoms with Crippen LogP contribution < -0.4 is 0 Å². The molecular formula is C5H9NOS. The molecule has 0 aromatic heterocycles. The zero-order valence-electron chi connectivity index (χ0n) is 4.54. The number of thiol groups is 1. The van der Waals surface area contributed by atoms with Crippen LogP contribution in [-0.2, 0) is 0 Å². The van der Waals surface area contributed by atoms with E-state index in [-0.39, 0.29) is 0 Å². The van der Waals surface area contributed by atoms with Crippen LogP contribution in [0.25, 0.3) is 0 Å². The third-order valence-corrected chi connectivity index (χ3v) is 1.10. The van der Waals surface area contributed by atoms with Crippen molar-refractivity contribution in [3.05, 3.63) is 0 Å². The summed E-state index contributed by atoms with van der Waals surface area (Å²) in [7, 11) is 0. The van der Waals surface area contributed by atoms with Crippen molar-refractivity contribution in [1.82, 2.24) is 0 Å². The summed E-state index contributed by atoms with van der Waals surface area (Å²) in [5.41, 5.74) is 0. The molecule has 1 atom stereocenters. The second kappa shape index (κ2) is 4.95. The molecule has 0 aliphatic carbocycles. The molecule has 0 saturated carbocycles. The SMILES string of the molecule is N#CC(O)CCCS. The minimum absolute atomic E-state index is 0.542. The summed E-state index contributed by atoms with van der Waals surface area (Å²) in [6.07, 6.45) is 0.555. The van der Waals surface area contributed by atoms with Crippen molar-refractivity contribution < 1.29 is 5.11 Å². The van der Waals surface area contributed by atoms with Crippen LogP contribution >= 0.6 is 12.6 Å². The number of rotatable bonds is 3. The normalized spacial score (nSPS) is 12.6. The lowest BCUT2D eigenvalue weighted by Gasteiger charge is -1.95. The molecule has 8 heavy (non-hydrogen) atoms. The van der Waals surface area contributed by atoms with Crippen LogP contribution in [0.1, 0.15) is 12.8 Å². The van der Waals surface area contributed by atoms with E-state index < -0.39 is 6.10 Å². The van der Waals surface area contributed by atoms with Crippen LogP contribution in [0.3, 0.4) is 0 Å². The molecule has 0 heterocycles. The fourth-order valence-corrected chi connectivity index (χ4v) is 0.532. The van der Waals surface area contributed by atoms with Crippen molar-refractivity contribution in [3.63, 3.8) is 0 Å². The van der Waals surface area contributed by atoms with Gasteiger partial charge >= 0.3 is 0 Å². The lowest BCUT2D eigenvalue weighted by atomic mass is 10.2. The monoisotopic (exact) mass is 131 g/mol. The molecule has 1 N–H and O–H groups in total. The Morgan fingerprint density at radius 1 is 1.75 bits per heavy atom. The largest absolute Gasteiger partial charge is 0.378 e. The summed E-state index contributed by atoms with van der Waals surface area (Å²) in [6, 6.07) is 1.72. The van der Waals surface area contributed by atoms with Crippen molar-refractivity contribution in [2.24, 2.45) is 0 Å². The third-order valence-electron chi connectivity index (χ3n) is 0.785. The smallest absolute Gasteiger partial charge is 0.140 e. The van der Waals surface area contributed by atoms with E-state index in [0.29, 0.717) is 6.42 Å². The first kappa shape index (κ1) is 7.80. The van der Waals surface area contributed by atoms with Gasteiger partial charge in [0.15, 0.2) is 0 Å². The molecule has 0 spiro atoms. The number of aliphatic hydroxyl groups excluding tert-OH is 1. The van der Waals surface area contributed by atoms with Crippen LogP contribution in [-0.4, -0.2) is 17.0 Å². The van der Waals surface area contributed by atoms with E-state index in [2.05, 4.69) is 12.6 Å². The Bertz CT molecular complexity index is 88.9. The van der Waals surface area contributed by atoms with Gasteiger partial charge < -0.3 is 5.11 Å². The highest BCUT2D eigenvalue weighted by Crippen LogP contribution is 1.95. The van der Waals surface area contributed by atoms with E-state index in [1.807, 2.05) is 0 Å². The number of nitrogens with zero attached hydrogens (tertiary/aromatic N) is 1. The number of nitriles is 1. The van der Waals surface area contributed by atoms with Crippen LogP contribution in [0.15, 0.2) is 0 Å². The van der Waals surface area contributed by atoms with Gasteiger partial charge in [0.25, 0.3) is 0 Å². The Kier molecular flexibility index (Phi) is 4.82. The molecule has 0 rings (SSSR count). The molecule has 0 aliphatic rings. The Hall–Kier alpha value is -0.200. The Morgan fingerprint density at radius 2 is 2.38 bits per heavy atom. The molecule has 0 aliphatic heterocycles. The van der Waals surface area contributed by atoms with Gasteiger partial charge in [0.05, 0.1) is 6.07 Å². The van der Waals surface area contributed by atoms with E-state index in [0.717, 1.165) is 12.2 Å². The van der Waals surface area contributed by atoms with Crippen molar-refractivity contribution in [1.29, 1.82) is 5.26 Å². The van der Waals surface area contributed by atoms with Gasteiger partial charge in [-0.1, -0.05) is 0 Å². The van der Waals surface area contributed by atoms with Gasteiger partial charge in [-0.2, -0.15) is 17.9 Å². The molecule has 0 bridgehead atoms. The first-order chi connectivity index (χ1) is 3.81. The zero-order chi connectivity index (χ0) is 6.41. The predicted molar refractivity (Wildman–Crippen MR) is 34.7 cm³/mol. The highest BCUT2D eigenvalue weighted by Gasteiger charge is 1.97. The van der Waals surface area contributed by atoms with Crippen molar-refractivity contribution in [2.45, 2.75) is 18.9 Å². The molecule has 2 nitrogen and oxygen atoms in total. The Morgan fingerprint density at radius 3 is 2.75 bits per heavy atom. The second-order valence-electron chi connectivity index (χ2n) is 1.51. The van der Waals surface area contributed by atoms with Crippen LogP contribution in [0, 0.1) is 11.3 Å². The van der Waals surface area contributed by atoms with Gasteiger partial charge in [-0.3, -0.25) is 0 Å². The fourth-order valence-electron chi connectivity index (χ4n) is 0.349. The first-order valence-corrected chi connectivity index (χ1v) is 3.13. The maximum Gasteiger partial charge on any atom is 0.140 e. The zero-order valence-corrected chi connectivity index (χ0v) is 5.43. The Balaban J connectivity index is 3.02. The van der Waals surface area contributed by atoms with Crippen LogP contribution in [0.2, 0.25) is 0 Å². The average Bonchev–Trinajstić information content (AvgIpc) is 1.83. The van der Waals surface area contributed by atoms with Gasteiger partial charge in [-0.25, -0.2) is 0 Å². The van der Waals surface area contributed by atoms with Crippen LogP contribution in [0.4, 0.5) is 0 Å². The molecule has 0 fully saturated rings. The maximum atomic E-state index is 8.59. The van der Waals surface area contributed by atoms with E-state index in [1.54, 1.807) is 6.07 Å². The predicted octanol–water partition coefficient (Wildman–Crippen LogP) is 0.581. The molecule has 3 heteroatoms. The van der Waals surface area contributed by atoms with E-state index >= 15 is 0 Å². The fraction of sp³-hybridized carbons (Fsp3) is 0.800. The molecule has 1 unspecified atom stereocenters. The molecule has 0 aromatic carbocycles. The van der Waals surface area contributed by atoms with Gasteiger partial charge in [0, 0.05) is 0 Å². The molecule has 0 radical (unpaired) electrons. The molecule has 0 amide bonds. The summed E-state index contributed by atoms with van der Waals surface area (Å²) in [5, 5.41) is 16.6. The molecule has 0 aromatic rings. The summed E-state index contributed by atoms with van der Waals surface area (Å²) in [4.78, 5) is 0. The molecular weight excluding hydrogens is 122 g/mol. The van der Waals surface area contributed by atoms with Crippen molar-refractivity contribution in [2.75, 3.05) is 5.75 Å². The van der Waals surface area contributed by atoms with E-state index in [9.17, 15) is 0 Å². The van der Waals surface area contributed by atoms with Gasteiger partial charge in [0.1, 0.15) is 6.10 Å². The van der Waals surface area contributed by atoms with Gasteiger partial charge in [0.2, 0.25) is 0 Å². The van der Waals surface area contributed by atoms with Crippen molar-refractivity contribution >= 4 is 12.6 Å². The minimum Gasteiger partial charge on any atom is -0.378 e. The van der Waals surface area contributed by atoms with Gasteiger partial charge in [-0.15, -0.1) is 0 Å². The summed E-state index contributed by atoms with van der Waals surface area (Å²) in [6.45, 7) is 0. The number of hydrogen-bond acceptors (Lipinski definition) is 3. The first-order valence-electron chi connectivity index (χ1n) is 2.49. The summed E-state index contributed by atoms with van der Waals surface area (Å²) >= 11 is 3.91. The molecule has 46 valence electrons. The average molecular weight is 131 g/mol. The quantitative estimate of drug-likeness (QED) is 0.434. The van der Waals surface area contributed by atoms with E-state index in [1.165, 1.54) is 0 Å². The van der Waals surface area contributed by atoms with Crippen molar-refractivity contribution in [3.8, 4) is 6.07 Å². The summed E-state index contributed by atoms with van der Waals surface area (Å²) < 4.78 is 0. The topological polar surface area (TPSA) is 44.0 Å². The molecule has 0 saturated heterocycles. The second-order valence-corrected chi connectivity index (χ2v) is 1.96. The number of aliphatic hydroxyl groups is 1. The maximum absolute atomic E-state index is 8.59. The Labute approximate surface area is 54.5 Å². The van der Waals surface area contributed by atoms with Crippen LogP contribution in [0.5, 0.6) is 0 Å². The minimum atomic E-state index is -0.790.